The molecule has 1 fully saturated rings. The van der Waals surface area contributed by atoms with Crippen LogP contribution in [0.2, 0.25) is 0 Å². The van der Waals surface area contributed by atoms with E-state index in [1.165, 1.54) is 6.07 Å². The highest BCUT2D eigenvalue weighted by Gasteiger charge is 2.21. The van der Waals surface area contributed by atoms with E-state index in [2.05, 4.69) is 10.6 Å². The van der Waals surface area contributed by atoms with E-state index in [1.807, 2.05) is 0 Å². The fourth-order valence-electron chi connectivity index (χ4n) is 3.13. The predicted octanol–water partition coefficient (Wildman–Crippen LogP) is 2.70. The number of carbonyl (C=O) groups excluding carboxylic acids is 3. The van der Waals surface area contributed by atoms with Crippen LogP contribution in [0.1, 0.15) is 41.7 Å². The Bertz CT molecular complexity index is 931. The molecule has 0 aliphatic carbocycles. The molecule has 6 nitrogen and oxygen atoms in total. The van der Waals surface area contributed by atoms with Crippen LogP contribution in [0.15, 0.2) is 42.5 Å². The number of nitrogens with zero attached hydrogens (tertiary/aromatic N) is 1. The van der Waals surface area contributed by atoms with Gasteiger partial charge in [0.2, 0.25) is 11.8 Å². The molecule has 1 saturated heterocycles. The molecule has 8 heteroatoms. The Labute approximate surface area is 166 Å². The minimum atomic E-state index is -0.990. The molecule has 2 aromatic rings. The lowest BCUT2D eigenvalue weighted by Crippen LogP contribution is -2.38. The maximum absolute atomic E-state index is 13.3. The summed E-state index contributed by atoms with van der Waals surface area (Å²) in [6.07, 6.45) is 1.35. The third-order valence-electron chi connectivity index (χ3n) is 4.75. The normalized spacial score (nSPS) is 14.6. The summed E-state index contributed by atoms with van der Waals surface area (Å²) in [5.74, 6) is -2.78. The highest BCUT2D eigenvalue weighted by Crippen LogP contribution is 2.21. The molecule has 1 aliphatic rings. The summed E-state index contributed by atoms with van der Waals surface area (Å²) in [4.78, 5) is 37.7. The molecule has 2 N–H and O–H groups in total. The fourth-order valence-corrected chi connectivity index (χ4v) is 3.13. The topological polar surface area (TPSA) is 78.5 Å². The maximum atomic E-state index is 13.3. The second kappa shape index (κ2) is 8.81. The van der Waals surface area contributed by atoms with Crippen molar-refractivity contribution in [3.63, 3.8) is 0 Å². The predicted molar refractivity (Wildman–Crippen MR) is 103 cm³/mol. The highest BCUT2D eigenvalue weighted by molar-refractivity contribution is 5.98. The largest absolute Gasteiger partial charge is 0.348 e. The van der Waals surface area contributed by atoms with Crippen LogP contribution in [-0.4, -0.2) is 30.8 Å². The summed E-state index contributed by atoms with van der Waals surface area (Å²) in [6.45, 7) is 2.03. The van der Waals surface area contributed by atoms with E-state index >= 15 is 0 Å². The van der Waals surface area contributed by atoms with E-state index in [0.717, 1.165) is 24.2 Å². The van der Waals surface area contributed by atoms with Crippen LogP contribution in [-0.2, 0) is 9.59 Å². The summed E-state index contributed by atoms with van der Waals surface area (Å²) in [6, 6.07) is 9.43. The standard InChI is InChI=1S/C21H21F2N3O3/c1-13(15-6-9-17(22)18(23)11-15)25-19(27)12-24-21(29)14-4-7-16(8-5-14)26-10-2-3-20(26)28/h4-9,11,13H,2-3,10,12H2,1H3,(H,24,29)(H,25,27)/t13-/m0/s1. The number of halogens is 2. The highest BCUT2D eigenvalue weighted by atomic mass is 19.2. The monoisotopic (exact) mass is 401 g/mol. The zero-order valence-corrected chi connectivity index (χ0v) is 15.9. The van der Waals surface area contributed by atoms with Crippen molar-refractivity contribution in [2.24, 2.45) is 0 Å². The lowest BCUT2D eigenvalue weighted by atomic mass is 10.1. The average molecular weight is 401 g/mol. The van der Waals surface area contributed by atoms with Gasteiger partial charge in [0, 0.05) is 24.2 Å². The Hall–Kier alpha value is -3.29. The number of anilines is 1. The lowest BCUT2D eigenvalue weighted by Gasteiger charge is -2.16. The second-order valence-electron chi connectivity index (χ2n) is 6.84. The van der Waals surface area contributed by atoms with Gasteiger partial charge in [0.1, 0.15) is 0 Å². The number of hydrogen-bond acceptors (Lipinski definition) is 3. The molecule has 3 amide bonds. The third kappa shape index (κ3) is 4.96. The quantitative estimate of drug-likeness (QED) is 0.781. The van der Waals surface area contributed by atoms with Crippen molar-refractivity contribution < 1.29 is 23.2 Å². The smallest absolute Gasteiger partial charge is 0.251 e. The van der Waals surface area contributed by atoms with E-state index in [0.29, 0.717) is 24.1 Å². The van der Waals surface area contributed by atoms with Crippen molar-refractivity contribution in [3.8, 4) is 0 Å². The summed E-state index contributed by atoms with van der Waals surface area (Å²) in [5.41, 5.74) is 1.51. The van der Waals surface area contributed by atoms with Gasteiger partial charge in [-0.1, -0.05) is 6.07 Å². The fraction of sp³-hybridized carbons (Fsp3) is 0.286. The molecule has 0 unspecified atom stereocenters. The van der Waals surface area contributed by atoms with Gasteiger partial charge < -0.3 is 15.5 Å². The van der Waals surface area contributed by atoms with Crippen LogP contribution < -0.4 is 15.5 Å². The Morgan fingerprint density at radius 3 is 2.45 bits per heavy atom. The minimum absolute atomic E-state index is 0.0639. The lowest BCUT2D eigenvalue weighted by molar-refractivity contribution is -0.120. The molecule has 1 heterocycles. The van der Waals surface area contributed by atoms with Crippen LogP contribution in [0.5, 0.6) is 0 Å². The van der Waals surface area contributed by atoms with E-state index in [4.69, 9.17) is 0 Å². The number of rotatable bonds is 6. The molecule has 0 radical (unpaired) electrons. The van der Waals surface area contributed by atoms with Crippen molar-refractivity contribution in [1.82, 2.24) is 10.6 Å². The van der Waals surface area contributed by atoms with Gasteiger partial charge in [-0.15, -0.1) is 0 Å². The van der Waals surface area contributed by atoms with E-state index in [9.17, 15) is 23.2 Å². The van der Waals surface area contributed by atoms with Gasteiger partial charge in [-0.2, -0.15) is 0 Å². The van der Waals surface area contributed by atoms with Crippen molar-refractivity contribution in [2.75, 3.05) is 18.0 Å². The molecular formula is C21H21F2N3O3. The Morgan fingerprint density at radius 1 is 1.10 bits per heavy atom. The summed E-state index contributed by atoms with van der Waals surface area (Å²) in [7, 11) is 0. The molecule has 1 atom stereocenters. The minimum Gasteiger partial charge on any atom is -0.348 e. The third-order valence-corrected chi connectivity index (χ3v) is 4.75. The Morgan fingerprint density at radius 2 is 1.83 bits per heavy atom. The van der Waals surface area contributed by atoms with Gasteiger partial charge in [0.25, 0.3) is 5.91 Å². The van der Waals surface area contributed by atoms with E-state index < -0.39 is 29.5 Å². The molecule has 0 saturated carbocycles. The second-order valence-corrected chi connectivity index (χ2v) is 6.84. The first-order chi connectivity index (χ1) is 13.8. The first-order valence-corrected chi connectivity index (χ1v) is 9.28. The molecule has 0 bridgehead atoms. The molecule has 152 valence electrons. The number of carbonyl (C=O) groups is 3. The number of nitrogens with one attached hydrogen (secondary N) is 2. The molecule has 3 rings (SSSR count). The van der Waals surface area contributed by atoms with Gasteiger partial charge in [0.05, 0.1) is 12.6 Å². The molecule has 0 aromatic heterocycles. The molecule has 0 spiro atoms. The molecule has 1 aliphatic heterocycles. The van der Waals surface area contributed by atoms with Gasteiger partial charge in [-0.05, 0) is 55.3 Å². The first kappa shape index (κ1) is 20.4. The zero-order chi connectivity index (χ0) is 21.0. The van der Waals surface area contributed by atoms with Crippen LogP contribution in [0.4, 0.5) is 14.5 Å². The molecule has 29 heavy (non-hydrogen) atoms. The SMILES string of the molecule is C[C@H](NC(=O)CNC(=O)c1ccc(N2CCCC2=O)cc1)c1ccc(F)c(F)c1. The van der Waals surface area contributed by atoms with Gasteiger partial charge in [-0.25, -0.2) is 8.78 Å². The average Bonchev–Trinajstić information content (AvgIpc) is 3.14. The Balaban J connectivity index is 1.51. The molecular weight excluding hydrogens is 380 g/mol. The van der Waals surface area contributed by atoms with Crippen LogP contribution in [0.25, 0.3) is 0 Å². The van der Waals surface area contributed by atoms with E-state index in [1.54, 1.807) is 36.1 Å². The van der Waals surface area contributed by atoms with Crippen molar-refractivity contribution in [1.29, 1.82) is 0 Å². The number of amides is 3. The molecule has 2 aromatic carbocycles. The van der Waals surface area contributed by atoms with Crippen LogP contribution >= 0.6 is 0 Å². The summed E-state index contributed by atoms with van der Waals surface area (Å²) < 4.78 is 26.3. The van der Waals surface area contributed by atoms with Crippen molar-refractivity contribution in [2.45, 2.75) is 25.8 Å². The maximum Gasteiger partial charge on any atom is 0.251 e. The van der Waals surface area contributed by atoms with Gasteiger partial charge in [-0.3, -0.25) is 14.4 Å². The summed E-state index contributed by atoms with van der Waals surface area (Å²) >= 11 is 0. The van der Waals surface area contributed by atoms with Crippen molar-refractivity contribution in [3.05, 3.63) is 65.2 Å². The van der Waals surface area contributed by atoms with Gasteiger partial charge >= 0.3 is 0 Å². The number of benzene rings is 2. The number of hydrogen-bond donors (Lipinski definition) is 2. The van der Waals surface area contributed by atoms with E-state index in [-0.39, 0.29) is 12.5 Å². The van der Waals surface area contributed by atoms with Crippen LogP contribution in [0, 0.1) is 11.6 Å². The Kier molecular flexibility index (Phi) is 6.21. The van der Waals surface area contributed by atoms with Gasteiger partial charge in [0.15, 0.2) is 11.6 Å². The zero-order valence-electron chi connectivity index (χ0n) is 15.9. The van der Waals surface area contributed by atoms with Crippen LogP contribution in [0.3, 0.4) is 0 Å². The first-order valence-electron chi connectivity index (χ1n) is 9.28. The van der Waals surface area contributed by atoms with Crippen molar-refractivity contribution >= 4 is 23.4 Å². The summed E-state index contributed by atoms with van der Waals surface area (Å²) in [5, 5.41) is 5.12.